The molecule has 0 aliphatic carbocycles. The number of fused-ring (bicyclic) bond motifs is 5. The van der Waals surface area contributed by atoms with Gasteiger partial charge < -0.3 is 9.55 Å². The van der Waals surface area contributed by atoms with Crippen molar-refractivity contribution in [1.29, 1.82) is 0 Å². The highest BCUT2D eigenvalue weighted by Gasteiger charge is 2.42. The van der Waals surface area contributed by atoms with Crippen molar-refractivity contribution >= 4 is 45.3 Å². The summed E-state index contributed by atoms with van der Waals surface area (Å²) >= 11 is 0. The smallest absolute Gasteiger partial charge is 0.349 e. The maximum atomic E-state index is 6.78. The summed E-state index contributed by atoms with van der Waals surface area (Å²) in [6.45, 7) is 15.5. The van der Waals surface area contributed by atoms with Crippen molar-refractivity contribution in [2.45, 2.75) is 53.9 Å². The maximum Gasteiger partial charge on any atom is 0.349 e. The molecule has 5 heterocycles. The quantitative estimate of drug-likeness (QED) is 0.158. The second-order valence-electron chi connectivity index (χ2n) is 17.0. The van der Waals surface area contributed by atoms with Crippen LogP contribution in [0.2, 0.25) is 0 Å². The van der Waals surface area contributed by atoms with Crippen LogP contribution in [0, 0.1) is 27.7 Å². The van der Waals surface area contributed by atoms with Crippen LogP contribution >= 0.6 is 0 Å². The van der Waals surface area contributed by atoms with E-state index < -0.39 is 0 Å². The Bertz CT molecular complexity index is 3040. The zero-order chi connectivity index (χ0) is 40.6. The minimum atomic E-state index is -0.114. The fourth-order valence-corrected chi connectivity index (χ4v) is 9.27. The number of nitrogens with zero attached hydrogens (tertiary/aromatic N) is 5. The summed E-state index contributed by atoms with van der Waals surface area (Å²) in [5, 5.41) is 7.55. The molecule has 0 amide bonds. The average molecular weight is 768 g/mol. The molecule has 2 aliphatic rings. The van der Waals surface area contributed by atoms with E-state index in [0.29, 0.717) is 0 Å². The van der Waals surface area contributed by atoms with Crippen LogP contribution < -0.4 is 15.8 Å². The Morgan fingerprint density at radius 1 is 0.661 bits per heavy atom. The number of pyridine rings is 1. The largest absolute Gasteiger partial charge is 0.457 e. The van der Waals surface area contributed by atoms with Crippen LogP contribution in [-0.2, 0) is 5.41 Å². The second kappa shape index (κ2) is 13.9. The third-order valence-corrected chi connectivity index (χ3v) is 12.1. The average Bonchev–Trinajstić information content (AvgIpc) is 3.81. The van der Waals surface area contributed by atoms with Crippen molar-refractivity contribution in [3.63, 3.8) is 0 Å². The van der Waals surface area contributed by atoms with E-state index in [4.69, 9.17) is 14.8 Å². The van der Waals surface area contributed by atoms with Crippen molar-refractivity contribution in [3.05, 3.63) is 197 Å². The van der Waals surface area contributed by atoms with Gasteiger partial charge in [0.15, 0.2) is 0 Å². The minimum absolute atomic E-state index is 0.0105. The third-order valence-electron chi connectivity index (χ3n) is 12.1. The molecule has 0 unspecified atom stereocenters. The van der Waals surface area contributed by atoms with Gasteiger partial charge in [-0.05, 0) is 122 Å². The lowest BCUT2D eigenvalue weighted by atomic mass is 9.46. The fraction of sp³-hybridized carbons (Fsp3) is 0.154. The SMILES string of the molecule is Cc1cccc(C)c1B1c2c(cnn2-c2cccc(Oc3ccc4c5ccccc5n(-c5cc(C(C)(C)C)ccn5)c4c3)c2)C(c2c(C)cccc2C)=C2C=CC=CN12. The van der Waals surface area contributed by atoms with Crippen molar-refractivity contribution in [2.24, 2.45) is 0 Å². The van der Waals surface area contributed by atoms with Gasteiger partial charge in [0, 0.05) is 51.5 Å². The van der Waals surface area contributed by atoms with E-state index in [9.17, 15) is 0 Å². The molecule has 7 heteroatoms. The van der Waals surface area contributed by atoms with Crippen LogP contribution in [0.15, 0.2) is 158 Å². The summed E-state index contributed by atoms with van der Waals surface area (Å²) in [4.78, 5) is 7.32. The molecule has 0 N–H and O–H groups in total. The van der Waals surface area contributed by atoms with Crippen LogP contribution in [0.5, 0.6) is 11.5 Å². The molecule has 10 rings (SSSR count). The number of para-hydroxylation sites is 1. The molecule has 6 nitrogen and oxygen atoms in total. The van der Waals surface area contributed by atoms with Gasteiger partial charge in [-0.3, -0.25) is 4.57 Å². The van der Waals surface area contributed by atoms with Crippen LogP contribution in [0.1, 0.15) is 59.7 Å². The second-order valence-corrected chi connectivity index (χ2v) is 17.0. The molecule has 0 fully saturated rings. The number of hydrogen-bond acceptors (Lipinski definition) is 4. The molecular weight excluding hydrogens is 721 g/mol. The summed E-state index contributed by atoms with van der Waals surface area (Å²) in [6, 6.07) is 40.7. The van der Waals surface area contributed by atoms with Crippen molar-refractivity contribution in [1.82, 2.24) is 24.1 Å². The topological polar surface area (TPSA) is 48.1 Å². The number of aromatic nitrogens is 4. The van der Waals surface area contributed by atoms with E-state index in [-0.39, 0.29) is 12.3 Å². The Kier molecular flexibility index (Phi) is 8.60. The molecule has 0 spiro atoms. The molecule has 0 saturated carbocycles. The van der Waals surface area contributed by atoms with E-state index >= 15 is 0 Å². The Morgan fingerprint density at radius 3 is 2.15 bits per heavy atom. The van der Waals surface area contributed by atoms with Gasteiger partial charge in [0.2, 0.25) is 0 Å². The first-order valence-electron chi connectivity index (χ1n) is 20.4. The molecule has 8 aromatic rings. The number of benzene rings is 5. The van der Waals surface area contributed by atoms with Crippen molar-refractivity contribution < 1.29 is 4.74 Å². The lowest BCUT2D eigenvalue weighted by Crippen LogP contribution is -2.60. The third kappa shape index (κ3) is 6.03. The number of rotatable bonds is 6. The first-order valence-corrected chi connectivity index (χ1v) is 20.4. The van der Waals surface area contributed by atoms with Gasteiger partial charge in [0.25, 0.3) is 0 Å². The van der Waals surface area contributed by atoms with E-state index in [1.165, 1.54) is 55.5 Å². The lowest BCUT2D eigenvalue weighted by Gasteiger charge is -2.39. The highest BCUT2D eigenvalue weighted by Crippen LogP contribution is 2.40. The van der Waals surface area contributed by atoms with Gasteiger partial charge in [-0.25, -0.2) is 9.67 Å². The predicted molar refractivity (Wildman–Crippen MR) is 244 cm³/mol. The van der Waals surface area contributed by atoms with Gasteiger partial charge in [-0.2, -0.15) is 5.10 Å². The van der Waals surface area contributed by atoms with E-state index in [2.05, 4.69) is 202 Å². The van der Waals surface area contributed by atoms with E-state index in [0.717, 1.165) is 50.6 Å². The Morgan fingerprint density at radius 2 is 1.37 bits per heavy atom. The highest BCUT2D eigenvalue weighted by molar-refractivity contribution is 6.84. The molecular formula is C52H46BN5O. The summed E-state index contributed by atoms with van der Waals surface area (Å²) in [5.41, 5.74) is 16.4. The number of aryl methyl sites for hydroxylation is 4. The van der Waals surface area contributed by atoms with Gasteiger partial charge in [-0.15, -0.1) is 0 Å². The number of allylic oxidation sites excluding steroid dienone is 3. The molecule has 5 aromatic carbocycles. The van der Waals surface area contributed by atoms with Gasteiger partial charge in [0.05, 0.1) is 22.9 Å². The molecule has 59 heavy (non-hydrogen) atoms. The Hall–Kier alpha value is -6.86. The molecule has 0 bridgehead atoms. The maximum absolute atomic E-state index is 6.78. The molecule has 0 saturated heterocycles. The fourth-order valence-electron chi connectivity index (χ4n) is 9.27. The highest BCUT2D eigenvalue weighted by atomic mass is 16.5. The predicted octanol–water partition coefficient (Wildman–Crippen LogP) is 11.0. The van der Waals surface area contributed by atoms with Crippen molar-refractivity contribution in [3.8, 4) is 23.0 Å². The summed E-state index contributed by atoms with van der Waals surface area (Å²) < 4.78 is 11.2. The molecule has 0 atom stereocenters. The van der Waals surface area contributed by atoms with Crippen LogP contribution in [0.3, 0.4) is 0 Å². The van der Waals surface area contributed by atoms with E-state index in [1.54, 1.807) is 0 Å². The Labute approximate surface area is 346 Å². The number of ether oxygens (including phenoxy) is 1. The lowest BCUT2D eigenvalue weighted by molar-refractivity contribution is 0.483. The Balaban J connectivity index is 1.11. The minimum Gasteiger partial charge on any atom is -0.457 e. The van der Waals surface area contributed by atoms with Crippen LogP contribution in [0.25, 0.3) is 38.9 Å². The first kappa shape index (κ1) is 36.5. The molecule has 3 aromatic heterocycles. The monoisotopic (exact) mass is 767 g/mol. The molecule has 2 aliphatic heterocycles. The first-order chi connectivity index (χ1) is 28.6. The molecule has 288 valence electrons. The zero-order valence-electron chi connectivity index (χ0n) is 34.7. The van der Waals surface area contributed by atoms with Gasteiger partial charge >= 0.3 is 6.85 Å². The van der Waals surface area contributed by atoms with Gasteiger partial charge in [0.1, 0.15) is 17.3 Å². The number of hydrogen-bond donors (Lipinski definition) is 0. The normalized spacial score (nSPS) is 13.7. The van der Waals surface area contributed by atoms with Crippen LogP contribution in [-0.4, -0.2) is 31.0 Å². The van der Waals surface area contributed by atoms with Crippen LogP contribution in [0.4, 0.5) is 0 Å². The zero-order valence-corrected chi connectivity index (χ0v) is 34.7. The van der Waals surface area contributed by atoms with E-state index in [1.807, 2.05) is 12.3 Å². The van der Waals surface area contributed by atoms with Crippen molar-refractivity contribution in [2.75, 3.05) is 0 Å². The summed E-state index contributed by atoms with van der Waals surface area (Å²) in [7, 11) is 0. The molecule has 0 radical (unpaired) electrons. The summed E-state index contributed by atoms with van der Waals surface area (Å²) in [6.07, 6.45) is 12.7. The van der Waals surface area contributed by atoms with Gasteiger partial charge in [-0.1, -0.05) is 98.6 Å². The summed E-state index contributed by atoms with van der Waals surface area (Å²) in [5.74, 6) is 2.37. The standard InChI is InChI=1S/C52H46BN5O/c1-33-15-12-16-34(2)48(33)49-43-32-55-58(51(43)53(56-28-11-10-23-45(49)56)50-35(3)17-13-18-36(50)4)38-19-14-20-39(30-38)59-40-24-25-42-41-21-8-9-22-44(41)57(46(42)31-40)47-29-37(26-27-54-47)52(5,6)7/h8-32H,1-7H3.